The molecule has 0 aromatic heterocycles. The van der Waals surface area contributed by atoms with Crippen LogP contribution in [-0.2, 0) is 4.79 Å². The summed E-state index contributed by atoms with van der Waals surface area (Å²) in [6, 6.07) is 7.97. The Kier molecular flexibility index (Phi) is 6.89. The van der Waals surface area contributed by atoms with E-state index in [1.54, 1.807) is 0 Å². The summed E-state index contributed by atoms with van der Waals surface area (Å²) in [5.41, 5.74) is 1.17. The monoisotopic (exact) mass is 282 g/mol. The summed E-state index contributed by atoms with van der Waals surface area (Å²) in [5.74, 6) is 0.592. The summed E-state index contributed by atoms with van der Waals surface area (Å²) >= 11 is 5.85. The molecule has 2 N–H and O–H groups in total. The van der Waals surface area contributed by atoms with Crippen LogP contribution in [-0.4, -0.2) is 19.0 Å². The van der Waals surface area contributed by atoms with Crippen molar-refractivity contribution in [3.63, 3.8) is 0 Å². The van der Waals surface area contributed by atoms with Crippen molar-refractivity contribution in [2.45, 2.75) is 33.2 Å². The molecule has 1 rings (SSSR count). The number of benzene rings is 1. The van der Waals surface area contributed by atoms with Gasteiger partial charge in [0.25, 0.3) is 0 Å². The Labute approximate surface area is 120 Å². The van der Waals surface area contributed by atoms with Gasteiger partial charge in [-0.3, -0.25) is 4.79 Å². The van der Waals surface area contributed by atoms with Crippen molar-refractivity contribution in [3.05, 3.63) is 34.9 Å². The van der Waals surface area contributed by atoms with Crippen LogP contribution in [0.5, 0.6) is 0 Å². The fraction of sp³-hybridized carbons (Fsp3) is 0.533. The molecule has 0 heterocycles. The molecule has 1 amide bonds. The third-order valence-corrected chi connectivity index (χ3v) is 3.13. The lowest BCUT2D eigenvalue weighted by atomic mass is 10.1. The molecule has 1 aromatic rings. The first-order valence-electron chi connectivity index (χ1n) is 6.74. The van der Waals surface area contributed by atoms with Crippen LogP contribution in [0.25, 0.3) is 0 Å². The fourth-order valence-electron chi connectivity index (χ4n) is 1.68. The molecular weight excluding hydrogens is 260 g/mol. The minimum Gasteiger partial charge on any atom is -0.356 e. The van der Waals surface area contributed by atoms with Crippen molar-refractivity contribution >= 4 is 17.5 Å². The third kappa shape index (κ3) is 6.60. The van der Waals surface area contributed by atoms with Crippen molar-refractivity contribution in [1.82, 2.24) is 10.6 Å². The average molecular weight is 283 g/mol. The quantitative estimate of drug-likeness (QED) is 0.807. The largest absolute Gasteiger partial charge is 0.356 e. The topological polar surface area (TPSA) is 41.1 Å². The molecule has 1 atom stereocenters. The van der Waals surface area contributed by atoms with Gasteiger partial charge in [0.15, 0.2) is 0 Å². The molecule has 1 aromatic carbocycles. The van der Waals surface area contributed by atoms with Gasteiger partial charge < -0.3 is 10.6 Å². The Bertz CT molecular complexity index is 390. The van der Waals surface area contributed by atoms with Gasteiger partial charge in [-0.1, -0.05) is 37.6 Å². The van der Waals surface area contributed by atoms with Crippen molar-refractivity contribution in [2.75, 3.05) is 13.1 Å². The number of halogens is 1. The summed E-state index contributed by atoms with van der Waals surface area (Å²) in [6.07, 6.45) is 0.505. The van der Waals surface area contributed by atoms with Crippen LogP contribution < -0.4 is 10.6 Å². The number of hydrogen-bond acceptors (Lipinski definition) is 2. The van der Waals surface area contributed by atoms with E-state index in [1.165, 1.54) is 5.56 Å². The van der Waals surface area contributed by atoms with E-state index in [0.717, 1.165) is 11.6 Å². The van der Waals surface area contributed by atoms with Crippen LogP contribution in [0.3, 0.4) is 0 Å². The highest BCUT2D eigenvalue weighted by molar-refractivity contribution is 6.30. The second-order valence-corrected chi connectivity index (χ2v) is 5.61. The number of carbonyl (C=O) groups excluding carboxylic acids is 1. The van der Waals surface area contributed by atoms with Gasteiger partial charge in [0.1, 0.15) is 0 Å². The zero-order valence-electron chi connectivity index (χ0n) is 11.9. The molecule has 0 aliphatic heterocycles. The smallest absolute Gasteiger partial charge is 0.221 e. The number of hydrogen-bond donors (Lipinski definition) is 2. The molecule has 106 valence electrons. The molecular formula is C15H23ClN2O. The summed E-state index contributed by atoms with van der Waals surface area (Å²) in [7, 11) is 0. The molecule has 4 heteroatoms. The summed E-state index contributed by atoms with van der Waals surface area (Å²) in [5, 5.41) is 6.98. The number of nitrogens with one attached hydrogen (secondary N) is 2. The van der Waals surface area contributed by atoms with Gasteiger partial charge in [-0.05, 0) is 30.5 Å². The highest BCUT2D eigenvalue weighted by Crippen LogP contribution is 2.15. The van der Waals surface area contributed by atoms with Crippen molar-refractivity contribution in [3.8, 4) is 0 Å². The summed E-state index contributed by atoms with van der Waals surface area (Å²) in [6.45, 7) is 7.66. The van der Waals surface area contributed by atoms with E-state index in [1.807, 2.05) is 24.3 Å². The van der Waals surface area contributed by atoms with E-state index in [9.17, 15) is 4.79 Å². The average Bonchev–Trinajstić information content (AvgIpc) is 2.37. The van der Waals surface area contributed by atoms with Crippen LogP contribution in [0.15, 0.2) is 24.3 Å². The number of carbonyl (C=O) groups is 1. The van der Waals surface area contributed by atoms with Gasteiger partial charge in [-0.2, -0.15) is 0 Å². The van der Waals surface area contributed by atoms with Gasteiger partial charge >= 0.3 is 0 Å². The predicted molar refractivity (Wildman–Crippen MR) is 80.3 cm³/mol. The van der Waals surface area contributed by atoms with Gasteiger partial charge in [-0.15, -0.1) is 0 Å². The van der Waals surface area contributed by atoms with E-state index in [2.05, 4.69) is 31.4 Å². The van der Waals surface area contributed by atoms with Crippen LogP contribution in [0.4, 0.5) is 0 Å². The summed E-state index contributed by atoms with van der Waals surface area (Å²) < 4.78 is 0. The highest BCUT2D eigenvalue weighted by atomic mass is 35.5. The Morgan fingerprint density at radius 3 is 2.42 bits per heavy atom. The van der Waals surface area contributed by atoms with Gasteiger partial charge in [0, 0.05) is 30.6 Å². The van der Waals surface area contributed by atoms with E-state index in [4.69, 9.17) is 11.6 Å². The molecule has 19 heavy (non-hydrogen) atoms. The maximum Gasteiger partial charge on any atom is 0.221 e. The molecule has 0 aliphatic rings. The van der Waals surface area contributed by atoms with Crippen molar-refractivity contribution in [1.29, 1.82) is 0 Å². The number of rotatable bonds is 7. The van der Waals surface area contributed by atoms with Crippen LogP contribution in [0.1, 0.15) is 38.8 Å². The Morgan fingerprint density at radius 1 is 1.21 bits per heavy atom. The molecule has 1 unspecified atom stereocenters. The maximum atomic E-state index is 11.5. The van der Waals surface area contributed by atoms with E-state index in [-0.39, 0.29) is 11.9 Å². The predicted octanol–water partition coefficient (Wildman–Crippen LogP) is 3.15. The lowest BCUT2D eigenvalue weighted by Gasteiger charge is -2.14. The Hall–Kier alpha value is -1.06. The Balaban J connectivity index is 2.25. The van der Waals surface area contributed by atoms with Crippen LogP contribution in [0, 0.1) is 5.92 Å². The lowest BCUT2D eigenvalue weighted by molar-refractivity contribution is -0.121. The highest BCUT2D eigenvalue weighted by Gasteiger charge is 2.06. The third-order valence-electron chi connectivity index (χ3n) is 2.88. The zero-order chi connectivity index (χ0) is 14.3. The van der Waals surface area contributed by atoms with Crippen LogP contribution in [0.2, 0.25) is 5.02 Å². The second-order valence-electron chi connectivity index (χ2n) is 5.18. The maximum absolute atomic E-state index is 11.5. The fourth-order valence-corrected chi connectivity index (χ4v) is 1.80. The first kappa shape index (κ1) is 16.0. The van der Waals surface area contributed by atoms with E-state index < -0.39 is 0 Å². The van der Waals surface area contributed by atoms with Gasteiger partial charge in [0.05, 0.1) is 0 Å². The first-order chi connectivity index (χ1) is 8.99. The lowest BCUT2D eigenvalue weighted by Crippen LogP contribution is -2.31. The summed E-state index contributed by atoms with van der Waals surface area (Å²) in [4.78, 5) is 11.5. The minimum atomic E-state index is 0.101. The molecule has 0 bridgehead atoms. The molecule has 0 radical (unpaired) electrons. The molecule has 0 saturated heterocycles. The SMILES string of the molecule is CC(C)CNC(=O)CCNC(C)c1ccc(Cl)cc1. The molecule has 0 aliphatic carbocycles. The van der Waals surface area contributed by atoms with Gasteiger partial charge in [-0.25, -0.2) is 0 Å². The first-order valence-corrected chi connectivity index (χ1v) is 7.12. The standard InChI is InChI=1S/C15H23ClN2O/c1-11(2)10-18-15(19)8-9-17-12(3)13-4-6-14(16)7-5-13/h4-7,11-12,17H,8-10H2,1-3H3,(H,18,19). The molecule has 0 fully saturated rings. The molecule has 3 nitrogen and oxygen atoms in total. The minimum absolute atomic E-state index is 0.101. The van der Waals surface area contributed by atoms with Crippen molar-refractivity contribution < 1.29 is 4.79 Å². The van der Waals surface area contributed by atoms with E-state index >= 15 is 0 Å². The van der Waals surface area contributed by atoms with Crippen molar-refractivity contribution in [2.24, 2.45) is 5.92 Å². The normalized spacial score (nSPS) is 12.5. The van der Waals surface area contributed by atoms with E-state index in [0.29, 0.717) is 18.9 Å². The van der Waals surface area contributed by atoms with Crippen LogP contribution >= 0.6 is 11.6 Å². The second kappa shape index (κ2) is 8.18. The number of amides is 1. The Morgan fingerprint density at radius 2 is 1.84 bits per heavy atom. The van der Waals surface area contributed by atoms with Gasteiger partial charge in [0.2, 0.25) is 5.91 Å². The zero-order valence-corrected chi connectivity index (χ0v) is 12.6. The molecule has 0 spiro atoms. The molecule has 0 saturated carbocycles.